The summed E-state index contributed by atoms with van der Waals surface area (Å²) in [5, 5.41) is 8.81. The molecule has 2 N–H and O–H groups in total. The molecule has 0 radical (unpaired) electrons. The van der Waals surface area contributed by atoms with Gasteiger partial charge in [0.2, 0.25) is 5.91 Å². The average molecular weight is 362 g/mol. The lowest BCUT2D eigenvalue weighted by molar-refractivity contribution is -0.153. The predicted octanol–water partition coefficient (Wildman–Crippen LogP) is 2.29. The van der Waals surface area contributed by atoms with Gasteiger partial charge >= 0.3 is 0 Å². The molecule has 2 unspecified atom stereocenters. The summed E-state index contributed by atoms with van der Waals surface area (Å²) in [4.78, 5) is 26.9. The van der Waals surface area contributed by atoms with Crippen LogP contribution in [-0.4, -0.2) is 48.3 Å². The number of rotatable bonds is 3. The quantitative estimate of drug-likeness (QED) is 0.636. The van der Waals surface area contributed by atoms with E-state index in [4.69, 9.17) is 14.7 Å². The molecule has 0 aromatic heterocycles. The highest BCUT2D eigenvalue weighted by Gasteiger charge is 2.43. The smallest absolute Gasteiger partial charge is 0.274 e. The molecular weight excluding hydrogens is 336 g/mol. The lowest BCUT2D eigenvalue weighted by atomic mass is 9.78. The fourth-order valence-corrected chi connectivity index (χ4v) is 3.86. The molecule has 2 amide bonds. The second-order valence-electron chi connectivity index (χ2n) is 7.01. The first-order chi connectivity index (χ1) is 12.5. The Morgan fingerprint density at radius 3 is 2.85 bits per heavy atom. The lowest BCUT2D eigenvalue weighted by Crippen LogP contribution is -2.49. The van der Waals surface area contributed by atoms with Crippen molar-refractivity contribution in [1.82, 2.24) is 10.4 Å². The number of benzene rings is 1. The first-order valence-electron chi connectivity index (χ1n) is 9.12. The lowest BCUT2D eigenvalue weighted by Gasteiger charge is -2.40. The van der Waals surface area contributed by atoms with E-state index in [1.165, 1.54) is 0 Å². The summed E-state index contributed by atoms with van der Waals surface area (Å²) in [6.07, 6.45) is 2.49. The zero-order valence-corrected chi connectivity index (χ0v) is 15.3. The number of carbonyl (C=O) groups excluding carboxylic acids is 2. The standard InChI is InChI=1S/C19H26N2O5/c1-3-19(7-4-9-25-12-19)18(23)21-8-10-26-16-11-14(17(22)20-24)5-6-15(16)13(21)2/h5-6,11,13,24H,3-4,7-10,12H2,1-2H3,(H,20,22). The third-order valence-corrected chi connectivity index (χ3v) is 5.60. The van der Waals surface area contributed by atoms with Gasteiger partial charge in [-0.25, -0.2) is 5.48 Å². The van der Waals surface area contributed by atoms with Gasteiger partial charge in [0.05, 0.1) is 24.6 Å². The van der Waals surface area contributed by atoms with Crippen molar-refractivity contribution in [3.63, 3.8) is 0 Å². The molecule has 142 valence electrons. The summed E-state index contributed by atoms with van der Waals surface area (Å²) < 4.78 is 11.4. The normalized spacial score (nSPS) is 25.7. The van der Waals surface area contributed by atoms with Crippen LogP contribution in [0.25, 0.3) is 0 Å². The van der Waals surface area contributed by atoms with Gasteiger partial charge in [0, 0.05) is 17.7 Å². The molecular formula is C19H26N2O5. The Kier molecular flexibility index (Phi) is 5.48. The average Bonchev–Trinajstić information content (AvgIpc) is 2.85. The highest BCUT2D eigenvalue weighted by molar-refractivity contribution is 5.94. The van der Waals surface area contributed by atoms with Crippen molar-refractivity contribution in [1.29, 1.82) is 0 Å². The van der Waals surface area contributed by atoms with Gasteiger partial charge < -0.3 is 14.4 Å². The molecule has 1 fully saturated rings. The number of amides is 2. The summed E-state index contributed by atoms with van der Waals surface area (Å²) in [7, 11) is 0. The van der Waals surface area contributed by atoms with Crippen LogP contribution in [-0.2, 0) is 9.53 Å². The molecule has 7 heteroatoms. The highest BCUT2D eigenvalue weighted by atomic mass is 16.5. The van der Waals surface area contributed by atoms with Gasteiger partial charge in [-0.1, -0.05) is 13.0 Å². The van der Waals surface area contributed by atoms with Crippen molar-refractivity contribution in [3.05, 3.63) is 29.3 Å². The van der Waals surface area contributed by atoms with Gasteiger partial charge in [0.1, 0.15) is 12.4 Å². The van der Waals surface area contributed by atoms with Crippen molar-refractivity contribution in [2.75, 3.05) is 26.4 Å². The summed E-state index contributed by atoms with van der Waals surface area (Å²) >= 11 is 0. The van der Waals surface area contributed by atoms with Crippen molar-refractivity contribution < 1.29 is 24.3 Å². The van der Waals surface area contributed by atoms with Gasteiger partial charge in [0.15, 0.2) is 0 Å². The number of carbonyl (C=O) groups is 2. The molecule has 7 nitrogen and oxygen atoms in total. The summed E-state index contributed by atoms with van der Waals surface area (Å²) in [6, 6.07) is 4.84. The maximum atomic E-state index is 13.4. The second kappa shape index (κ2) is 7.63. The van der Waals surface area contributed by atoms with Gasteiger partial charge in [0.25, 0.3) is 5.91 Å². The minimum atomic E-state index is -0.592. The number of nitrogens with one attached hydrogen (secondary N) is 1. The van der Waals surface area contributed by atoms with Gasteiger partial charge in [-0.3, -0.25) is 14.8 Å². The maximum absolute atomic E-state index is 13.4. The zero-order chi connectivity index (χ0) is 18.7. The van der Waals surface area contributed by atoms with E-state index >= 15 is 0 Å². The number of hydrogen-bond donors (Lipinski definition) is 2. The van der Waals surface area contributed by atoms with E-state index in [0.717, 1.165) is 24.8 Å². The molecule has 26 heavy (non-hydrogen) atoms. The molecule has 0 spiro atoms. The highest BCUT2D eigenvalue weighted by Crippen LogP contribution is 2.39. The molecule has 1 saturated heterocycles. The zero-order valence-electron chi connectivity index (χ0n) is 15.3. The number of hydrogen-bond acceptors (Lipinski definition) is 5. The van der Waals surface area contributed by atoms with Crippen molar-refractivity contribution in [3.8, 4) is 5.75 Å². The minimum Gasteiger partial charge on any atom is -0.491 e. The van der Waals surface area contributed by atoms with E-state index in [0.29, 0.717) is 37.7 Å². The number of nitrogens with zero attached hydrogens (tertiary/aromatic N) is 1. The Bertz CT molecular complexity index is 685. The molecule has 0 bridgehead atoms. The third-order valence-electron chi connectivity index (χ3n) is 5.60. The Balaban J connectivity index is 1.89. The topological polar surface area (TPSA) is 88.1 Å². The third kappa shape index (κ3) is 3.29. The van der Waals surface area contributed by atoms with E-state index in [1.807, 2.05) is 18.7 Å². The monoisotopic (exact) mass is 362 g/mol. The van der Waals surface area contributed by atoms with Crippen LogP contribution in [0.3, 0.4) is 0 Å². The maximum Gasteiger partial charge on any atom is 0.274 e. The van der Waals surface area contributed by atoms with Crippen LogP contribution in [0, 0.1) is 5.41 Å². The van der Waals surface area contributed by atoms with Crippen molar-refractivity contribution >= 4 is 11.8 Å². The molecule has 2 atom stereocenters. The molecule has 2 heterocycles. The van der Waals surface area contributed by atoms with Crippen LogP contribution in [0.15, 0.2) is 18.2 Å². The molecule has 1 aromatic rings. The number of hydroxylamine groups is 1. The van der Waals surface area contributed by atoms with Crippen LogP contribution in [0.1, 0.15) is 55.1 Å². The molecule has 0 saturated carbocycles. The van der Waals surface area contributed by atoms with Crippen molar-refractivity contribution in [2.24, 2.45) is 5.41 Å². The first-order valence-corrected chi connectivity index (χ1v) is 9.12. The Hall–Kier alpha value is -2.12. The molecule has 0 aliphatic carbocycles. The Labute approximate surface area is 153 Å². The Morgan fingerprint density at radius 2 is 2.19 bits per heavy atom. The Morgan fingerprint density at radius 1 is 1.38 bits per heavy atom. The minimum absolute atomic E-state index is 0.112. The summed E-state index contributed by atoms with van der Waals surface area (Å²) in [5.74, 6) is 0.0886. The van der Waals surface area contributed by atoms with Crippen LogP contribution >= 0.6 is 0 Å². The summed E-state index contributed by atoms with van der Waals surface area (Å²) in [5.41, 5.74) is 2.32. The van der Waals surface area contributed by atoms with E-state index < -0.39 is 11.3 Å². The molecule has 2 aliphatic rings. The fraction of sp³-hybridized carbons (Fsp3) is 0.579. The van der Waals surface area contributed by atoms with E-state index in [-0.39, 0.29) is 11.9 Å². The first kappa shape index (κ1) is 18.7. The molecule has 1 aromatic carbocycles. The SMILES string of the molecule is CCC1(C(=O)N2CCOc3cc(C(=O)NO)ccc3C2C)CCCOC1. The molecule has 2 aliphatic heterocycles. The molecule has 3 rings (SSSR count). The second-order valence-corrected chi connectivity index (χ2v) is 7.01. The van der Waals surface area contributed by atoms with E-state index in [2.05, 4.69) is 0 Å². The fourth-order valence-electron chi connectivity index (χ4n) is 3.86. The van der Waals surface area contributed by atoms with Crippen LogP contribution < -0.4 is 10.2 Å². The van der Waals surface area contributed by atoms with Gasteiger partial charge in [-0.15, -0.1) is 0 Å². The largest absolute Gasteiger partial charge is 0.491 e. The van der Waals surface area contributed by atoms with Gasteiger partial charge in [-0.05, 0) is 38.3 Å². The van der Waals surface area contributed by atoms with E-state index in [1.54, 1.807) is 23.7 Å². The number of ether oxygens (including phenoxy) is 2. The van der Waals surface area contributed by atoms with Crippen LogP contribution in [0.4, 0.5) is 0 Å². The predicted molar refractivity (Wildman–Crippen MR) is 94.1 cm³/mol. The number of fused-ring (bicyclic) bond motifs is 1. The van der Waals surface area contributed by atoms with Crippen LogP contribution in [0.5, 0.6) is 5.75 Å². The van der Waals surface area contributed by atoms with Crippen LogP contribution in [0.2, 0.25) is 0 Å². The van der Waals surface area contributed by atoms with E-state index in [9.17, 15) is 9.59 Å². The van der Waals surface area contributed by atoms with Crippen molar-refractivity contribution in [2.45, 2.75) is 39.2 Å². The summed E-state index contributed by atoms with van der Waals surface area (Å²) in [6.45, 7) is 6.04. The van der Waals surface area contributed by atoms with Gasteiger partial charge in [-0.2, -0.15) is 0 Å².